The molecule has 1 rings (SSSR count). The molecular weight excluding hydrogens is 202 g/mol. The van der Waals surface area contributed by atoms with Gasteiger partial charge in [0.1, 0.15) is 0 Å². The van der Waals surface area contributed by atoms with E-state index in [2.05, 4.69) is 19.2 Å². The highest BCUT2D eigenvalue weighted by atomic mass is 16.5. The van der Waals surface area contributed by atoms with E-state index in [1.54, 1.807) is 6.92 Å². The van der Waals surface area contributed by atoms with Gasteiger partial charge < -0.3 is 4.74 Å². The van der Waals surface area contributed by atoms with Crippen molar-refractivity contribution in [1.29, 1.82) is 0 Å². The third kappa shape index (κ3) is 3.26. The summed E-state index contributed by atoms with van der Waals surface area (Å²) in [5.41, 5.74) is 3.09. The number of aryl methyl sites for hydroxylation is 1. The lowest BCUT2D eigenvalue weighted by Crippen LogP contribution is -2.15. The summed E-state index contributed by atoms with van der Waals surface area (Å²) in [7, 11) is 0. The quantitative estimate of drug-likeness (QED) is 0.845. The average molecular weight is 221 g/mol. The van der Waals surface area contributed by atoms with E-state index in [0.29, 0.717) is 12.5 Å². The third-order valence-corrected chi connectivity index (χ3v) is 2.34. The summed E-state index contributed by atoms with van der Waals surface area (Å²) in [6.07, 6.45) is -0.394. The number of rotatable bonds is 3. The minimum atomic E-state index is -0.394. The molecule has 0 aromatic heterocycles. The molecule has 0 fully saturated rings. The van der Waals surface area contributed by atoms with Gasteiger partial charge in [0.2, 0.25) is 0 Å². The molecule has 88 valence electrons. The highest BCUT2D eigenvalue weighted by Crippen LogP contribution is 2.25. The van der Waals surface area contributed by atoms with Crippen molar-refractivity contribution in [3.05, 3.63) is 29.3 Å². The van der Waals surface area contributed by atoms with Gasteiger partial charge in [-0.1, -0.05) is 26.0 Å². The lowest BCUT2D eigenvalue weighted by Gasteiger charge is -2.14. The highest BCUT2D eigenvalue weighted by Gasteiger charge is 2.09. The number of nitrogens with one attached hydrogen (secondary N) is 1. The summed E-state index contributed by atoms with van der Waals surface area (Å²) >= 11 is 0. The topological polar surface area (TPSA) is 38.3 Å². The van der Waals surface area contributed by atoms with Crippen LogP contribution in [0.4, 0.5) is 10.5 Å². The van der Waals surface area contributed by atoms with Gasteiger partial charge in [-0.2, -0.15) is 0 Å². The van der Waals surface area contributed by atoms with Gasteiger partial charge in [0, 0.05) is 5.69 Å². The van der Waals surface area contributed by atoms with Crippen molar-refractivity contribution in [2.75, 3.05) is 11.9 Å². The summed E-state index contributed by atoms with van der Waals surface area (Å²) in [5, 5.41) is 2.77. The SMILES string of the molecule is CCOC(=O)Nc1cc(C)ccc1C(C)C. The van der Waals surface area contributed by atoms with Crippen molar-refractivity contribution < 1.29 is 9.53 Å². The zero-order valence-electron chi connectivity index (χ0n) is 10.3. The van der Waals surface area contributed by atoms with Gasteiger partial charge in [-0.25, -0.2) is 4.79 Å². The molecule has 0 saturated carbocycles. The van der Waals surface area contributed by atoms with Crippen molar-refractivity contribution in [1.82, 2.24) is 0 Å². The summed E-state index contributed by atoms with van der Waals surface area (Å²) in [4.78, 5) is 11.4. The van der Waals surface area contributed by atoms with Gasteiger partial charge in [0.25, 0.3) is 0 Å². The van der Waals surface area contributed by atoms with E-state index in [4.69, 9.17) is 4.74 Å². The van der Waals surface area contributed by atoms with E-state index in [0.717, 1.165) is 16.8 Å². The molecule has 0 aliphatic heterocycles. The minimum Gasteiger partial charge on any atom is -0.450 e. The van der Waals surface area contributed by atoms with Gasteiger partial charge in [0.15, 0.2) is 0 Å². The maximum atomic E-state index is 11.4. The summed E-state index contributed by atoms with van der Waals surface area (Å²) in [6.45, 7) is 8.37. The van der Waals surface area contributed by atoms with Crippen LogP contribution in [0.2, 0.25) is 0 Å². The van der Waals surface area contributed by atoms with Crippen LogP contribution in [-0.4, -0.2) is 12.7 Å². The largest absolute Gasteiger partial charge is 0.450 e. The Morgan fingerprint density at radius 3 is 2.69 bits per heavy atom. The Morgan fingerprint density at radius 2 is 2.12 bits per heavy atom. The lowest BCUT2D eigenvalue weighted by molar-refractivity contribution is 0.168. The van der Waals surface area contributed by atoms with Crippen LogP contribution >= 0.6 is 0 Å². The molecule has 0 heterocycles. The normalized spacial score (nSPS) is 10.3. The molecule has 1 amide bonds. The van der Waals surface area contributed by atoms with Gasteiger partial charge in [-0.05, 0) is 37.0 Å². The van der Waals surface area contributed by atoms with Crippen LogP contribution in [0.5, 0.6) is 0 Å². The molecule has 1 N–H and O–H groups in total. The molecule has 16 heavy (non-hydrogen) atoms. The monoisotopic (exact) mass is 221 g/mol. The first-order valence-electron chi connectivity index (χ1n) is 5.59. The van der Waals surface area contributed by atoms with Gasteiger partial charge in [-0.3, -0.25) is 5.32 Å². The standard InChI is InChI=1S/C13H19NO2/c1-5-16-13(15)14-12-8-10(4)6-7-11(12)9(2)3/h6-9H,5H2,1-4H3,(H,14,15). The molecule has 0 aliphatic carbocycles. The average Bonchev–Trinajstić information content (AvgIpc) is 2.17. The van der Waals surface area contributed by atoms with E-state index in [9.17, 15) is 4.79 Å². The predicted molar refractivity (Wildman–Crippen MR) is 65.9 cm³/mol. The van der Waals surface area contributed by atoms with E-state index in [-0.39, 0.29) is 0 Å². The maximum Gasteiger partial charge on any atom is 0.411 e. The summed E-state index contributed by atoms with van der Waals surface area (Å²) in [5.74, 6) is 0.373. The van der Waals surface area contributed by atoms with Gasteiger partial charge >= 0.3 is 6.09 Å². The number of hydrogen-bond donors (Lipinski definition) is 1. The molecule has 0 aliphatic rings. The molecule has 3 nitrogen and oxygen atoms in total. The van der Waals surface area contributed by atoms with Crippen LogP contribution in [0.25, 0.3) is 0 Å². The zero-order valence-corrected chi connectivity index (χ0v) is 10.3. The van der Waals surface area contributed by atoms with Crippen LogP contribution in [0, 0.1) is 6.92 Å². The van der Waals surface area contributed by atoms with Gasteiger partial charge in [0.05, 0.1) is 6.61 Å². The number of carbonyl (C=O) groups excluding carboxylic acids is 1. The smallest absolute Gasteiger partial charge is 0.411 e. The Balaban J connectivity index is 2.92. The molecule has 3 heteroatoms. The number of carbonyl (C=O) groups is 1. The second-order valence-corrected chi connectivity index (χ2v) is 4.09. The molecular formula is C13H19NO2. The maximum absolute atomic E-state index is 11.4. The first kappa shape index (κ1) is 12.6. The van der Waals surface area contributed by atoms with E-state index < -0.39 is 6.09 Å². The molecule has 0 bridgehead atoms. The second kappa shape index (κ2) is 5.54. The number of anilines is 1. The van der Waals surface area contributed by atoms with Crippen LogP contribution < -0.4 is 5.32 Å². The van der Waals surface area contributed by atoms with Crippen LogP contribution in [0.3, 0.4) is 0 Å². The highest BCUT2D eigenvalue weighted by molar-refractivity contribution is 5.86. The number of hydrogen-bond acceptors (Lipinski definition) is 2. The Hall–Kier alpha value is -1.51. The second-order valence-electron chi connectivity index (χ2n) is 4.09. The van der Waals surface area contributed by atoms with Crippen molar-refractivity contribution in [2.24, 2.45) is 0 Å². The first-order chi connectivity index (χ1) is 7.54. The molecule has 0 radical (unpaired) electrons. The van der Waals surface area contributed by atoms with Gasteiger partial charge in [-0.15, -0.1) is 0 Å². The number of ether oxygens (including phenoxy) is 1. The Kier molecular flexibility index (Phi) is 4.35. The van der Waals surface area contributed by atoms with Crippen LogP contribution in [-0.2, 0) is 4.74 Å². The molecule has 1 aromatic carbocycles. The molecule has 0 saturated heterocycles. The summed E-state index contributed by atoms with van der Waals surface area (Å²) in [6, 6.07) is 6.06. The fraction of sp³-hybridized carbons (Fsp3) is 0.462. The third-order valence-electron chi connectivity index (χ3n) is 2.34. The predicted octanol–water partition coefficient (Wildman–Crippen LogP) is 3.69. The first-order valence-corrected chi connectivity index (χ1v) is 5.59. The Labute approximate surface area is 96.8 Å². The molecule has 1 aromatic rings. The Morgan fingerprint density at radius 1 is 1.44 bits per heavy atom. The number of amides is 1. The fourth-order valence-corrected chi connectivity index (χ4v) is 1.56. The van der Waals surface area contributed by atoms with Crippen molar-refractivity contribution in [3.8, 4) is 0 Å². The van der Waals surface area contributed by atoms with E-state index >= 15 is 0 Å². The van der Waals surface area contributed by atoms with E-state index in [1.807, 2.05) is 25.1 Å². The molecule has 0 unspecified atom stereocenters. The molecule has 0 spiro atoms. The van der Waals surface area contributed by atoms with E-state index in [1.165, 1.54) is 0 Å². The van der Waals surface area contributed by atoms with Crippen molar-refractivity contribution >= 4 is 11.8 Å². The lowest BCUT2D eigenvalue weighted by atomic mass is 9.99. The summed E-state index contributed by atoms with van der Waals surface area (Å²) < 4.78 is 4.87. The van der Waals surface area contributed by atoms with Crippen LogP contribution in [0.15, 0.2) is 18.2 Å². The zero-order chi connectivity index (χ0) is 12.1. The van der Waals surface area contributed by atoms with Crippen LogP contribution in [0.1, 0.15) is 37.8 Å². The fourth-order valence-electron chi connectivity index (χ4n) is 1.56. The van der Waals surface area contributed by atoms with Crippen molar-refractivity contribution in [3.63, 3.8) is 0 Å². The van der Waals surface area contributed by atoms with Crippen molar-refractivity contribution in [2.45, 2.75) is 33.6 Å². The molecule has 0 atom stereocenters. The Bertz CT molecular complexity index is 372. The number of benzene rings is 1. The minimum absolute atomic E-state index is 0.373.